The quantitative estimate of drug-likeness (QED) is 0.573. The summed E-state index contributed by atoms with van der Waals surface area (Å²) in [4.78, 5) is 4.49. The summed E-state index contributed by atoms with van der Waals surface area (Å²) in [5, 5.41) is 10.1. The van der Waals surface area contributed by atoms with Gasteiger partial charge in [0.05, 0.1) is 15.8 Å². The second-order valence-electron chi connectivity index (χ2n) is 5.52. The van der Waals surface area contributed by atoms with E-state index in [-0.39, 0.29) is 5.75 Å². The van der Waals surface area contributed by atoms with Crippen molar-refractivity contribution in [3.8, 4) is 11.8 Å². The smallest absolute Gasteiger partial charge is 0.387 e. The molecule has 0 aliphatic heterocycles. The number of nitriles is 1. The number of aromatic nitrogens is 1. The van der Waals surface area contributed by atoms with Gasteiger partial charge < -0.3 is 4.74 Å². The van der Waals surface area contributed by atoms with Crippen molar-refractivity contribution in [2.24, 2.45) is 0 Å². The molecule has 25 heavy (non-hydrogen) atoms. The van der Waals surface area contributed by atoms with Gasteiger partial charge in [-0.05, 0) is 60.9 Å². The van der Waals surface area contributed by atoms with Crippen LogP contribution in [-0.4, -0.2) is 11.6 Å². The Bertz CT molecular complexity index is 946. The largest absolute Gasteiger partial charge is 0.434 e. The lowest BCUT2D eigenvalue weighted by Crippen LogP contribution is -2.05. The number of para-hydroxylation sites is 1. The Labute approximate surface area is 147 Å². The minimum absolute atomic E-state index is 0.172. The van der Waals surface area contributed by atoms with Crippen LogP contribution < -0.4 is 4.74 Å². The van der Waals surface area contributed by atoms with Gasteiger partial charge >= 0.3 is 6.61 Å². The fourth-order valence-electron chi connectivity index (χ4n) is 2.64. The molecular formula is C19H14F2N2OS. The van der Waals surface area contributed by atoms with E-state index in [1.165, 1.54) is 11.3 Å². The lowest BCUT2D eigenvalue weighted by molar-refractivity contribution is -0.0507. The summed E-state index contributed by atoms with van der Waals surface area (Å²) < 4.78 is 30.5. The van der Waals surface area contributed by atoms with Gasteiger partial charge in [0.25, 0.3) is 0 Å². The molecule has 0 aliphatic rings. The lowest BCUT2D eigenvalue weighted by Gasteiger charge is -2.12. The number of ether oxygens (including phenoxy) is 1. The Hall–Kier alpha value is -2.78. The Morgan fingerprint density at radius 3 is 2.52 bits per heavy atom. The van der Waals surface area contributed by atoms with Crippen LogP contribution in [0.25, 0.3) is 21.9 Å². The van der Waals surface area contributed by atoms with Gasteiger partial charge in [-0.3, -0.25) is 0 Å². The molecule has 0 amide bonds. The standard InChI is InChI=1S/C19H14F2N2OS/c1-11-7-13(8-12(2)17(11)24-19(20)21)9-14(10-22)18-23-15-5-3-4-6-16(15)25-18/h3-9,19H,1-2H3/b14-9+. The average molecular weight is 356 g/mol. The molecule has 3 nitrogen and oxygen atoms in total. The molecule has 0 saturated carbocycles. The summed E-state index contributed by atoms with van der Waals surface area (Å²) in [7, 11) is 0. The van der Waals surface area contributed by atoms with E-state index < -0.39 is 6.61 Å². The van der Waals surface area contributed by atoms with E-state index in [1.807, 2.05) is 24.3 Å². The topological polar surface area (TPSA) is 45.9 Å². The van der Waals surface area contributed by atoms with Gasteiger partial charge in [-0.25, -0.2) is 4.98 Å². The van der Waals surface area contributed by atoms with Crippen molar-refractivity contribution in [1.82, 2.24) is 4.98 Å². The number of hydrogen-bond donors (Lipinski definition) is 0. The molecule has 0 aliphatic carbocycles. The van der Waals surface area contributed by atoms with E-state index >= 15 is 0 Å². The summed E-state index contributed by atoms with van der Waals surface area (Å²) in [5.74, 6) is 0.172. The molecular weight excluding hydrogens is 342 g/mol. The van der Waals surface area contributed by atoms with Gasteiger partial charge in [-0.15, -0.1) is 11.3 Å². The maximum absolute atomic E-state index is 12.5. The highest BCUT2D eigenvalue weighted by Crippen LogP contribution is 2.30. The third kappa shape index (κ3) is 3.67. The van der Waals surface area contributed by atoms with E-state index in [9.17, 15) is 14.0 Å². The predicted molar refractivity (Wildman–Crippen MR) is 95.7 cm³/mol. The minimum Gasteiger partial charge on any atom is -0.434 e. The third-order valence-corrected chi connectivity index (χ3v) is 4.72. The molecule has 0 spiro atoms. The van der Waals surface area contributed by atoms with Crippen LogP contribution in [0.4, 0.5) is 8.78 Å². The van der Waals surface area contributed by atoms with Crippen molar-refractivity contribution in [3.05, 3.63) is 58.1 Å². The second-order valence-corrected chi connectivity index (χ2v) is 6.55. The Morgan fingerprint density at radius 2 is 1.92 bits per heavy atom. The normalized spacial score (nSPS) is 11.8. The Morgan fingerprint density at radius 1 is 1.24 bits per heavy atom. The first-order valence-electron chi connectivity index (χ1n) is 7.51. The van der Waals surface area contributed by atoms with Crippen molar-refractivity contribution in [1.29, 1.82) is 5.26 Å². The van der Waals surface area contributed by atoms with Crippen LogP contribution in [0.15, 0.2) is 36.4 Å². The van der Waals surface area contributed by atoms with E-state index in [4.69, 9.17) is 0 Å². The zero-order chi connectivity index (χ0) is 18.0. The molecule has 126 valence electrons. The van der Waals surface area contributed by atoms with Crippen LogP contribution >= 0.6 is 11.3 Å². The van der Waals surface area contributed by atoms with Gasteiger partial charge in [-0.1, -0.05) is 12.1 Å². The van der Waals surface area contributed by atoms with Gasteiger partial charge in [0.1, 0.15) is 16.8 Å². The van der Waals surface area contributed by atoms with E-state index in [0.29, 0.717) is 21.7 Å². The molecule has 3 rings (SSSR count). The number of nitrogens with zero attached hydrogens (tertiary/aromatic N) is 2. The summed E-state index contributed by atoms with van der Waals surface area (Å²) in [6.45, 7) is 0.536. The molecule has 0 unspecified atom stereocenters. The maximum atomic E-state index is 12.5. The first-order valence-corrected chi connectivity index (χ1v) is 8.33. The monoisotopic (exact) mass is 356 g/mol. The molecule has 6 heteroatoms. The molecule has 3 aromatic rings. The van der Waals surface area contributed by atoms with E-state index in [2.05, 4.69) is 15.8 Å². The number of allylic oxidation sites excluding steroid dienone is 1. The van der Waals surface area contributed by atoms with Crippen LogP contribution in [0.2, 0.25) is 0 Å². The van der Waals surface area contributed by atoms with Gasteiger partial charge in [0.15, 0.2) is 0 Å². The summed E-state index contributed by atoms with van der Waals surface area (Å²) in [5.41, 5.74) is 3.20. The first-order chi connectivity index (χ1) is 12.0. The van der Waals surface area contributed by atoms with Crippen LogP contribution in [0.1, 0.15) is 21.7 Å². The maximum Gasteiger partial charge on any atom is 0.387 e. The van der Waals surface area contributed by atoms with Crippen LogP contribution in [0, 0.1) is 25.2 Å². The molecule has 1 heterocycles. The summed E-state index contributed by atoms with van der Waals surface area (Å²) >= 11 is 1.44. The third-order valence-electron chi connectivity index (χ3n) is 3.65. The number of fused-ring (bicyclic) bond motifs is 1. The van der Waals surface area contributed by atoms with Crippen molar-refractivity contribution in [3.63, 3.8) is 0 Å². The van der Waals surface area contributed by atoms with Gasteiger partial charge in [0, 0.05) is 0 Å². The van der Waals surface area contributed by atoms with E-state index in [1.54, 1.807) is 32.1 Å². The molecule has 2 aromatic carbocycles. The van der Waals surface area contributed by atoms with Crippen LogP contribution in [0.3, 0.4) is 0 Å². The van der Waals surface area contributed by atoms with Crippen molar-refractivity contribution < 1.29 is 13.5 Å². The number of alkyl halides is 2. The van der Waals surface area contributed by atoms with Crippen LogP contribution in [-0.2, 0) is 0 Å². The van der Waals surface area contributed by atoms with Crippen LogP contribution in [0.5, 0.6) is 5.75 Å². The number of thiazole rings is 1. The predicted octanol–water partition coefficient (Wildman–Crippen LogP) is 5.58. The fraction of sp³-hybridized carbons (Fsp3) is 0.158. The summed E-state index contributed by atoms with van der Waals surface area (Å²) in [6.07, 6.45) is 1.71. The van der Waals surface area contributed by atoms with E-state index in [0.717, 1.165) is 15.8 Å². The fourth-order valence-corrected chi connectivity index (χ4v) is 3.57. The van der Waals surface area contributed by atoms with Gasteiger partial charge in [-0.2, -0.15) is 14.0 Å². The van der Waals surface area contributed by atoms with Crippen molar-refractivity contribution in [2.75, 3.05) is 0 Å². The Balaban J connectivity index is 2.01. The molecule has 0 radical (unpaired) electrons. The highest BCUT2D eigenvalue weighted by molar-refractivity contribution is 7.19. The molecule has 0 saturated heterocycles. The molecule has 0 atom stereocenters. The van der Waals surface area contributed by atoms with Crippen molar-refractivity contribution in [2.45, 2.75) is 20.5 Å². The summed E-state index contributed by atoms with van der Waals surface area (Å²) in [6, 6.07) is 13.3. The number of halogens is 2. The highest BCUT2D eigenvalue weighted by atomic mass is 32.1. The Kier molecular flexibility index (Phi) is 4.77. The minimum atomic E-state index is -2.86. The zero-order valence-electron chi connectivity index (χ0n) is 13.6. The molecule has 0 N–H and O–H groups in total. The number of hydrogen-bond acceptors (Lipinski definition) is 4. The lowest BCUT2D eigenvalue weighted by atomic mass is 10.0. The highest BCUT2D eigenvalue weighted by Gasteiger charge is 2.13. The zero-order valence-corrected chi connectivity index (χ0v) is 14.4. The number of aryl methyl sites for hydroxylation is 2. The number of rotatable bonds is 4. The number of benzene rings is 2. The first kappa shape index (κ1) is 17.1. The average Bonchev–Trinajstić information content (AvgIpc) is 2.99. The second kappa shape index (κ2) is 6.99. The SMILES string of the molecule is Cc1cc(/C=C(\C#N)c2nc3ccccc3s2)cc(C)c1OC(F)F. The molecule has 0 fully saturated rings. The molecule has 1 aromatic heterocycles. The molecule has 0 bridgehead atoms. The van der Waals surface area contributed by atoms with Crippen molar-refractivity contribution >= 4 is 33.2 Å². The van der Waals surface area contributed by atoms with Gasteiger partial charge in [0.2, 0.25) is 0 Å².